The summed E-state index contributed by atoms with van der Waals surface area (Å²) in [5, 5.41) is 3.47. The average molecular weight is 607 g/mol. The minimum atomic E-state index is -0.0275. The van der Waals surface area contributed by atoms with Crippen LogP contribution in [0.5, 0.6) is 0 Å². The summed E-state index contributed by atoms with van der Waals surface area (Å²) in [7, 11) is 0. The molecule has 4 heteroatoms. The Morgan fingerprint density at radius 1 is 0.643 bits per heavy atom. The first-order valence-corrected chi connectivity index (χ1v) is 14.8. The van der Waals surface area contributed by atoms with Crippen molar-refractivity contribution in [2.75, 3.05) is 0 Å². The summed E-state index contributed by atoms with van der Waals surface area (Å²) in [4.78, 5) is 13.5. The van der Waals surface area contributed by atoms with E-state index in [2.05, 4.69) is 112 Å². The summed E-state index contributed by atoms with van der Waals surface area (Å²) in [6.07, 6.45) is 11.7. The van der Waals surface area contributed by atoms with Gasteiger partial charge >= 0.3 is 0 Å². The van der Waals surface area contributed by atoms with E-state index in [4.69, 9.17) is 4.42 Å². The predicted octanol–water partition coefficient (Wildman–Crippen LogP) is 10.5. The molecule has 2 heterocycles. The molecule has 8 rings (SSSR count). The lowest BCUT2D eigenvalue weighted by Gasteiger charge is -2.10. The zero-order chi connectivity index (χ0) is 28.2. The molecular formula is C38H24BrNO2. The van der Waals surface area contributed by atoms with Gasteiger partial charge in [-0.2, -0.15) is 0 Å². The Bertz CT molecular complexity index is 2350. The zero-order valence-corrected chi connectivity index (χ0v) is 24.1. The highest BCUT2D eigenvalue weighted by Gasteiger charge is 2.18. The van der Waals surface area contributed by atoms with Crippen molar-refractivity contribution < 1.29 is 4.42 Å². The maximum absolute atomic E-state index is 13.5. The summed E-state index contributed by atoms with van der Waals surface area (Å²) >= 11 is 3.58. The third kappa shape index (κ3) is 3.91. The van der Waals surface area contributed by atoms with Crippen molar-refractivity contribution in [2.45, 2.75) is 6.42 Å². The van der Waals surface area contributed by atoms with Gasteiger partial charge in [0, 0.05) is 22.0 Å². The van der Waals surface area contributed by atoms with Gasteiger partial charge in [-0.3, -0.25) is 4.79 Å². The molecule has 5 aromatic carbocycles. The molecule has 1 aliphatic carbocycles. The Balaban J connectivity index is 1.42. The first-order valence-electron chi connectivity index (χ1n) is 14.0. The largest absolute Gasteiger partial charge is 0.454 e. The van der Waals surface area contributed by atoms with Crippen molar-refractivity contribution in [1.29, 1.82) is 0 Å². The van der Waals surface area contributed by atoms with Crippen molar-refractivity contribution in [1.82, 2.24) is 4.57 Å². The van der Waals surface area contributed by atoms with Crippen molar-refractivity contribution in [3.63, 3.8) is 0 Å². The lowest BCUT2D eigenvalue weighted by molar-refractivity contribution is 0.659. The van der Waals surface area contributed by atoms with Crippen LogP contribution in [0.2, 0.25) is 0 Å². The number of rotatable bonds is 3. The molecule has 1 aliphatic rings. The van der Waals surface area contributed by atoms with Gasteiger partial charge in [-0.1, -0.05) is 85.0 Å². The lowest BCUT2D eigenvalue weighted by atomic mass is 9.98. The second-order valence-electron chi connectivity index (χ2n) is 10.5. The number of aromatic nitrogens is 1. The van der Waals surface area contributed by atoms with Gasteiger partial charge in [-0.25, -0.2) is 0 Å². The van der Waals surface area contributed by atoms with Gasteiger partial charge in [0.25, 0.3) is 0 Å². The summed E-state index contributed by atoms with van der Waals surface area (Å²) in [6, 6.07) is 35.2. The minimum Gasteiger partial charge on any atom is -0.454 e. The smallest absolute Gasteiger partial charge is 0.200 e. The third-order valence-corrected chi connectivity index (χ3v) is 8.72. The molecule has 200 valence electrons. The Labute approximate surface area is 250 Å². The molecule has 0 bridgehead atoms. The molecule has 0 spiro atoms. The molecule has 3 nitrogen and oxygen atoms in total. The van der Waals surface area contributed by atoms with Crippen LogP contribution >= 0.6 is 15.9 Å². The molecule has 0 N–H and O–H groups in total. The fraction of sp³-hybridized carbons (Fsp3) is 0.0263. The van der Waals surface area contributed by atoms with E-state index >= 15 is 0 Å². The maximum Gasteiger partial charge on any atom is 0.200 e. The van der Waals surface area contributed by atoms with E-state index in [1.165, 1.54) is 16.5 Å². The minimum absolute atomic E-state index is 0.0275. The van der Waals surface area contributed by atoms with Gasteiger partial charge in [-0.15, -0.1) is 0 Å². The predicted molar refractivity (Wildman–Crippen MR) is 179 cm³/mol. The quantitative estimate of drug-likeness (QED) is 0.188. The molecule has 7 aromatic rings. The number of nitrogens with zero attached hydrogens (tertiary/aromatic N) is 1. The van der Waals surface area contributed by atoms with Gasteiger partial charge in [0.05, 0.1) is 26.3 Å². The fourth-order valence-electron chi connectivity index (χ4n) is 6.10. The molecule has 2 aromatic heterocycles. The molecule has 0 saturated carbocycles. The van der Waals surface area contributed by atoms with Crippen LogP contribution in [-0.4, -0.2) is 4.57 Å². The Morgan fingerprint density at radius 2 is 1.36 bits per heavy atom. The van der Waals surface area contributed by atoms with Crippen LogP contribution in [0.25, 0.3) is 71.7 Å². The van der Waals surface area contributed by atoms with Gasteiger partial charge in [-0.05, 0) is 87.6 Å². The van der Waals surface area contributed by atoms with E-state index in [1.807, 2.05) is 42.5 Å². The number of para-hydroxylation sites is 2. The first-order chi connectivity index (χ1) is 20.7. The molecule has 0 radical (unpaired) electrons. The molecule has 42 heavy (non-hydrogen) atoms. The standard InChI is InChI=1S/C38H24BrNO2/c39-33-17-9-16-30-36(41)29-15-8-14-28(37(29)42-38(30)33)26-19-21-35-32(23-26)31-22-25(24-10-4-3-5-11-24)18-20-34(31)40(35)27-12-6-1-2-7-13-27/h1-6,8-23H,7H2. The van der Waals surface area contributed by atoms with E-state index in [0.29, 0.717) is 21.9 Å². The Hall–Kier alpha value is -4.93. The molecule has 0 unspecified atom stereocenters. The highest BCUT2D eigenvalue weighted by molar-refractivity contribution is 9.10. The first kappa shape index (κ1) is 24.8. The van der Waals surface area contributed by atoms with Gasteiger partial charge in [0.2, 0.25) is 5.43 Å². The topological polar surface area (TPSA) is 35.1 Å². The lowest BCUT2D eigenvalue weighted by Crippen LogP contribution is -2.02. The summed E-state index contributed by atoms with van der Waals surface area (Å²) in [5.74, 6) is 0. The van der Waals surface area contributed by atoms with Crippen LogP contribution in [0.15, 0.2) is 147 Å². The van der Waals surface area contributed by atoms with Crippen LogP contribution in [0, 0.1) is 0 Å². The van der Waals surface area contributed by atoms with Crippen molar-refractivity contribution in [3.05, 3.63) is 148 Å². The van der Waals surface area contributed by atoms with Crippen LogP contribution in [0.3, 0.4) is 0 Å². The van der Waals surface area contributed by atoms with Gasteiger partial charge < -0.3 is 8.98 Å². The number of halogens is 1. The van der Waals surface area contributed by atoms with E-state index in [0.717, 1.165) is 44.1 Å². The van der Waals surface area contributed by atoms with Gasteiger partial charge in [0.15, 0.2) is 5.58 Å². The van der Waals surface area contributed by atoms with Gasteiger partial charge in [0.1, 0.15) is 5.58 Å². The molecule has 0 fully saturated rings. The maximum atomic E-state index is 13.5. The van der Waals surface area contributed by atoms with E-state index in [-0.39, 0.29) is 5.43 Å². The number of hydrogen-bond acceptors (Lipinski definition) is 2. The average Bonchev–Trinajstić information content (AvgIpc) is 3.15. The SMILES string of the molecule is O=c1c2cccc(Br)c2oc2c(-c3ccc4c(c3)c3cc(-c5ccccc5)ccc3n4C3=CCC=CC=C3)cccc12. The van der Waals surface area contributed by atoms with Crippen molar-refractivity contribution >= 4 is 65.4 Å². The molecule has 0 saturated heterocycles. The monoisotopic (exact) mass is 605 g/mol. The second-order valence-corrected chi connectivity index (χ2v) is 11.4. The highest BCUT2D eigenvalue weighted by atomic mass is 79.9. The van der Waals surface area contributed by atoms with Crippen LogP contribution in [-0.2, 0) is 0 Å². The van der Waals surface area contributed by atoms with E-state index in [1.54, 1.807) is 0 Å². The van der Waals surface area contributed by atoms with Crippen LogP contribution in [0.1, 0.15) is 6.42 Å². The summed E-state index contributed by atoms with van der Waals surface area (Å²) in [5.41, 5.74) is 8.80. The molecule has 0 atom stereocenters. The highest BCUT2D eigenvalue weighted by Crippen LogP contribution is 2.39. The second kappa shape index (κ2) is 9.86. The number of allylic oxidation sites excluding steroid dienone is 6. The number of hydrogen-bond donors (Lipinski definition) is 0. The van der Waals surface area contributed by atoms with Crippen LogP contribution in [0.4, 0.5) is 0 Å². The van der Waals surface area contributed by atoms with E-state index in [9.17, 15) is 4.79 Å². The Kier molecular flexibility index (Phi) is 5.83. The summed E-state index contributed by atoms with van der Waals surface area (Å²) in [6.45, 7) is 0. The fourth-order valence-corrected chi connectivity index (χ4v) is 6.55. The molecule has 0 aliphatic heterocycles. The Morgan fingerprint density at radius 3 is 2.17 bits per heavy atom. The summed E-state index contributed by atoms with van der Waals surface area (Å²) < 4.78 is 9.57. The molecular weight excluding hydrogens is 582 g/mol. The number of fused-ring (bicyclic) bond motifs is 5. The molecule has 0 amide bonds. The normalized spacial score (nSPS) is 13.3. The third-order valence-electron chi connectivity index (χ3n) is 8.09. The van der Waals surface area contributed by atoms with Crippen molar-refractivity contribution in [3.8, 4) is 22.3 Å². The van der Waals surface area contributed by atoms with E-state index < -0.39 is 0 Å². The van der Waals surface area contributed by atoms with Crippen LogP contribution < -0.4 is 5.43 Å². The number of benzene rings is 5. The van der Waals surface area contributed by atoms with Crippen molar-refractivity contribution in [2.24, 2.45) is 0 Å². The zero-order valence-electron chi connectivity index (χ0n) is 22.6.